The van der Waals surface area contributed by atoms with Crippen molar-refractivity contribution in [2.45, 2.75) is 49.5 Å². The predicted molar refractivity (Wildman–Crippen MR) is 91.9 cm³/mol. The second-order valence-corrected chi connectivity index (χ2v) is 6.87. The number of tetrazole rings is 1. The molecule has 8 nitrogen and oxygen atoms in total. The maximum atomic E-state index is 12.1. The molecule has 2 heterocycles. The van der Waals surface area contributed by atoms with Crippen LogP contribution in [0.1, 0.15) is 32.0 Å². The summed E-state index contributed by atoms with van der Waals surface area (Å²) in [5, 5.41) is 13.7. The standard InChI is InChI=1S/C16H19N5O3S/c1-2-3-8-21-14(18-19-20-21)10-24-15(22)9-13-16(23)17-11-6-4-5-7-12(11)25-13/h4-7,13H,2-3,8-10H2,1H3,(H,17,23). The molecule has 9 heteroatoms. The maximum Gasteiger partial charge on any atom is 0.307 e. The van der Waals surface area contributed by atoms with Gasteiger partial charge in [0, 0.05) is 11.4 Å². The van der Waals surface area contributed by atoms with Gasteiger partial charge in [-0.05, 0) is 29.0 Å². The minimum atomic E-state index is -0.501. The molecular weight excluding hydrogens is 342 g/mol. The molecule has 2 aromatic rings. The van der Waals surface area contributed by atoms with Gasteiger partial charge >= 0.3 is 5.97 Å². The van der Waals surface area contributed by atoms with Crippen LogP contribution >= 0.6 is 11.8 Å². The first kappa shape index (κ1) is 17.4. The van der Waals surface area contributed by atoms with E-state index in [0.29, 0.717) is 12.4 Å². The number of fused-ring (bicyclic) bond motifs is 1. The Bertz CT molecular complexity index is 764. The lowest BCUT2D eigenvalue weighted by Crippen LogP contribution is -2.31. The van der Waals surface area contributed by atoms with Gasteiger partial charge in [0.2, 0.25) is 5.91 Å². The third-order valence-corrected chi connectivity index (χ3v) is 5.03. The number of amides is 1. The van der Waals surface area contributed by atoms with Gasteiger partial charge in [0.15, 0.2) is 12.4 Å². The van der Waals surface area contributed by atoms with Crippen LogP contribution in [0.4, 0.5) is 5.69 Å². The minimum Gasteiger partial charge on any atom is -0.457 e. The topological polar surface area (TPSA) is 99.0 Å². The molecule has 1 aromatic heterocycles. The van der Waals surface area contributed by atoms with Crippen LogP contribution in [0.3, 0.4) is 0 Å². The molecule has 25 heavy (non-hydrogen) atoms. The van der Waals surface area contributed by atoms with E-state index in [1.807, 2.05) is 24.3 Å². The van der Waals surface area contributed by atoms with Crippen LogP contribution in [0.2, 0.25) is 0 Å². The minimum absolute atomic E-state index is 0.00135. The van der Waals surface area contributed by atoms with Crippen molar-refractivity contribution >= 4 is 29.3 Å². The lowest BCUT2D eigenvalue weighted by Gasteiger charge is -2.23. The van der Waals surface area contributed by atoms with Crippen LogP contribution in [0, 0.1) is 0 Å². The van der Waals surface area contributed by atoms with Gasteiger partial charge in [-0.1, -0.05) is 25.5 Å². The van der Waals surface area contributed by atoms with Gasteiger partial charge in [-0.2, -0.15) is 0 Å². The quantitative estimate of drug-likeness (QED) is 0.753. The molecule has 1 amide bonds. The number of carbonyl (C=O) groups excluding carboxylic acids is 2. The largest absolute Gasteiger partial charge is 0.457 e. The molecule has 0 saturated carbocycles. The molecule has 0 aliphatic carbocycles. The summed E-state index contributed by atoms with van der Waals surface area (Å²) in [7, 11) is 0. The van der Waals surface area contributed by atoms with Crippen molar-refractivity contribution in [2.75, 3.05) is 5.32 Å². The molecule has 0 radical (unpaired) electrons. The molecule has 0 saturated heterocycles. The van der Waals surface area contributed by atoms with Gasteiger partial charge in [-0.25, -0.2) is 4.68 Å². The second-order valence-electron chi connectivity index (χ2n) is 5.63. The number of hydrogen-bond donors (Lipinski definition) is 1. The number of carbonyl (C=O) groups is 2. The van der Waals surface area contributed by atoms with Gasteiger partial charge in [0.05, 0.1) is 17.4 Å². The highest BCUT2D eigenvalue weighted by molar-refractivity contribution is 8.01. The molecule has 3 rings (SSSR count). The number of hydrogen-bond acceptors (Lipinski definition) is 7. The van der Waals surface area contributed by atoms with Crippen molar-refractivity contribution in [1.29, 1.82) is 0 Å². The summed E-state index contributed by atoms with van der Waals surface area (Å²) in [4.78, 5) is 25.2. The Labute approximate surface area is 149 Å². The number of esters is 1. The predicted octanol–water partition coefficient (Wildman–Crippen LogP) is 2.02. The number of thioether (sulfide) groups is 1. The Morgan fingerprint density at radius 2 is 2.24 bits per heavy atom. The smallest absolute Gasteiger partial charge is 0.307 e. The third kappa shape index (κ3) is 4.36. The van der Waals surface area contributed by atoms with Crippen LogP contribution < -0.4 is 5.32 Å². The number of rotatable bonds is 7. The normalized spacial score (nSPS) is 16.2. The summed E-state index contributed by atoms with van der Waals surface area (Å²) in [5.41, 5.74) is 0.775. The van der Waals surface area contributed by atoms with E-state index in [2.05, 4.69) is 27.8 Å². The molecular formula is C16H19N5O3S. The highest BCUT2D eigenvalue weighted by atomic mass is 32.2. The molecule has 1 aromatic carbocycles. The number of ether oxygens (including phenoxy) is 1. The fourth-order valence-electron chi connectivity index (χ4n) is 2.39. The van der Waals surface area contributed by atoms with Gasteiger partial charge in [0.25, 0.3) is 0 Å². The molecule has 1 aliphatic rings. The Morgan fingerprint density at radius 1 is 1.40 bits per heavy atom. The zero-order valence-electron chi connectivity index (χ0n) is 13.8. The van der Waals surface area contributed by atoms with Crippen LogP contribution in [0.15, 0.2) is 29.2 Å². The summed E-state index contributed by atoms with van der Waals surface area (Å²) in [5.74, 6) is -0.126. The number of nitrogens with zero attached hydrogens (tertiary/aromatic N) is 4. The molecule has 1 unspecified atom stereocenters. The van der Waals surface area contributed by atoms with Crippen molar-refractivity contribution < 1.29 is 14.3 Å². The fourth-order valence-corrected chi connectivity index (χ4v) is 3.49. The van der Waals surface area contributed by atoms with Crippen molar-refractivity contribution in [3.63, 3.8) is 0 Å². The van der Waals surface area contributed by atoms with E-state index in [9.17, 15) is 9.59 Å². The number of nitrogens with one attached hydrogen (secondary N) is 1. The van der Waals surface area contributed by atoms with Gasteiger partial charge < -0.3 is 10.1 Å². The monoisotopic (exact) mass is 361 g/mol. The number of aryl methyl sites for hydroxylation is 1. The summed E-state index contributed by atoms with van der Waals surface area (Å²) in [6, 6.07) is 7.51. The van der Waals surface area contributed by atoms with Crippen LogP contribution in [-0.2, 0) is 27.5 Å². The first-order valence-electron chi connectivity index (χ1n) is 8.14. The maximum absolute atomic E-state index is 12.1. The second kappa shape index (κ2) is 8.11. The van der Waals surface area contributed by atoms with Gasteiger partial charge in [0.1, 0.15) is 0 Å². The van der Waals surface area contributed by atoms with E-state index in [-0.39, 0.29) is 18.9 Å². The summed E-state index contributed by atoms with van der Waals surface area (Å²) >= 11 is 1.37. The van der Waals surface area contributed by atoms with Crippen LogP contribution in [0.5, 0.6) is 0 Å². The van der Waals surface area contributed by atoms with Crippen molar-refractivity contribution in [3.8, 4) is 0 Å². The zero-order valence-corrected chi connectivity index (χ0v) is 14.7. The first-order chi connectivity index (χ1) is 12.2. The lowest BCUT2D eigenvalue weighted by molar-refractivity contribution is -0.146. The third-order valence-electron chi connectivity index (χ3n) is 3.75. The molecule has 0 fully saturated rings. The van der Waals surface area contributed by atoms with Crippen molar-refractivity contribution in [2.24, 2.45) is 0 Å². The zero-order chi connectivity index (χ0) is 17.6. The van der Waals surface area contributed by atoms with Gasteiger partial charge in [-0.3, -0.25) is 9.59 Å². The van der Waals surface area contributed by atoms with Gasteiger partial charge in [-0.15, -0.1) is 16.9 Å². The number of benzene rings is 1. The highest BCUT2D eigenvalue weighted by Gasteiger charge is 2.29. The van der Waals surface area contributed by atoms with Crippen molar-refractivity contribution in [3.05, 3.63) is 30.1 Å². The fraction of sp³-hybridized carbons (Fsp3) is 0.438. The SMILES string of the molecule is CCCCn1nnnc1COC(=O)CC1Sc2ccccc2NC1=O. The first-order valence-corrected chi connectivity index (χ1v) is 9.02. The Morgan fingerprint density at radius 3 is 3.08 bits per heavy atom. The van der Waals surface area contributed by atoms with Crippen LogP contribution in [-0.4, -0.2) is 37.3 Å². The van der Waals surface area contributed by atoms with E-state index >= 15 is 0 Å². The van der Waals surface area contributed by atoms with E-state index in [1.165, 1.54) is 11.8 Å². The Hall–Kier alpha value is -2.42. The summed E-state index contributed by atoms with van der Waals surface area (Å²) < 4.78 is 6.88. The van der Waals surface area contributed by atoms with Crippen molar-refractivity contribution in [1.82, 2.24) is 20.2 Å². The Balaban J connectivity index is 1.53. The number of anilines is 1. The van der Waals surface area contributed by atoms with E-state index in [0.717, 1.165) is 23.4 Å². The molecule has 132 valence electrons. The van der Waals surface area contributed by atoms with Crippen LogP contribution in [0.25, 0.3) is 0 Å². The molecule has 0 spiro atoms. The molecule has 1 N–H and O–H groups in total. The molecule has 0 bridgehead atoms. The molecule has 1 aliphatic heterocycles. The van der Waals surface area contributed by atoms with E-state index in [1.54, 1.807) is 4.68 Å². The van der Waals surface area contributed by atoms with E-state index in [4.69, 9.17) is 4.74 Å². The molecule has 1 atom stereocenters. The highest BCUT2D eigenvalue weighted by Crippen LogP contribution is 2.36. The summed E-state index contributed by atoms with van der Waals surface area (Å²) in [6.07, 6.45) is 1.97. The number of aromatic nitrogens is 4. The lowest BCUT2D eigenvalue weighted by atomic mass is 10.2. The Kier molecular flexibility index (Phi) is 5.64. The number of para-hydroxylation sites is 1. The number of unbranched alkanes of at least 4 members (excludes halogenated alkanes) is 1. The summed E-state index contributed by atoms with van der Waals surface area (Å²) in [6.45, 7) is 2.77. The average Bonchev–Trinajstić information content (AvgIpc) is 3.06. The average molecular weight is 361 g/mol. The van der Waals surface area contributed by atoms with E-state index < -0.39 is 11.2 Å².